The number of hydrogen-bond acceptors (Lipinski definition) is 4. The first kappa shape index (κ1) is 13.2. The van der Waals surface area contributed by atoms with Gasteiger partial charge < -0.3 is 15.5 Å². The van der Waals surface area contributed by atoms with E-state index in [1.165, 1.54) is 10.9 Å². The van der Waals surface area contributed by atoms with Crippen molar-refractivity contribution in [3.05, 3.63) is 36.5 Å². The molecular formula is C13H18N4O2. The van der Waals surface area contributed by atoms with Crippen LogP contribution in [-0.4, -0.2) is 21.7 Å². The van der Waals surface area contributed by atoms with Gasteiger partial charge in [0, 0.05) is 18.7 Å². The van der Waals surface area contributed by atoms with Gasteiger partial charge in [0.2, 0.25) is 5.91 Å². The van der Waals surface area contributed by atoms with Crippen LogP contribution in [0.1, 0.15) is 19.1 Å². The topological polar surface area (TPSA) is 86.1 Å². The molecule has 0 radical (unpaired) electrons. The molecule has 0 saturated heterocycles. The first-order valence-corrected chi connectivity index (χ1v) is 6.23. The Morgan fingerprint density at radius 2 is 2.47 bits per heavy atom. The quantitative estimate of drug-likeness (QED) is 0.819. The lowest BCUT2D eigenvalue weighted by Crippen LogP contribution is -2.35. The molecular weight excluding hydrogens is 244 g/mol. The van der Waals surface area contributed by atoms with Crippen molar-refractivity contribution >= 4 is 11.6 Å². The maximum absolute atomic E-state index is 11.8. The summed E-state index contributed by atoms with van der Waals surface area (Å²) in [5, 5.41) is 6.88. The smallest absolute Gasteiger partial charge is 0.241 e. The number of aryl methyl sites for hydroxylation is 1. The summed E-state index contributed by atoms with van der Waals surface area (Å²) in [5.41, 5.74) is 6.09. The highest BCUT2D eigenvalue weighted by atomic mass is 16.3. The molecule has 2 aromatic rings. The van der Waals surface area contributed by atoms with Crippen molar-refractivity contribution in [1.29, 1.82) is 0 Å². The number of rotatable bonds is 6. The Kier molecular flexibility index (Phi) is 4.22. The lowest BCUT2D eigenvalue weighted by molar-refractivity contribution is -0.122. The Morgan fingerprint density at radius 3 is 3.11 bits per heavy atom. The van der Waals surface area contributed by atoms with Crippen LogP contribution in [0.3, 0.4) is 0 Å². The van der Waals surface area contributed by atoms with E-state index in [-0.39, 0.29) is 18.5 Å². The lowest BCUT2D eigenvalue weighted by Gasteiger charge is -2.13. The molecule has 0 aliphatic rings. The van der Waals surface area contributed by atoms with Crippen LogP contribution < -0.4 is 11.1 Å². The Bertz CT molecular complexity index is 518. The zero-order valence-electron chi connectivity index (χ0n) is 10.9. The van der Waals surface area contributed by atoms with Gasteiger partial charge in [0.05, 0.1) is 18.1 Å². The number of nitrogen functional groups attached to an aromatic ring is 1. The van der Waals surface area contributed by atoms with Crippen molar-refractivity contribution in [3.63, 3.8) is 0 Å². The molecule has 19 heavy (non-hydrogen) atoms. The van der Waals surface area contributed by atoms with Crippen LogP contribution >= 0.6 is 0 Å². The summed E-state index contributed by atoms with van der Waals surface area (Å²) in [6.07, 6.45) is 6.45. The minimum atomic E-state index is -0.0740. The van der Waals surface area contributed by atoms with Crippen LogP contribution in [0.25, 0.3) is 0 Å². The van der Waals surface area contributed by atoms with Gasteiger partial charge in [-0.15, -0.1) is 0 Å². The molecule has 6 nitrogen and oxygen atoms in total. The summed E-state index contributed by atoms with van der Waals surface area (Å²) in [4.78, 5) is 11.8. The second kappa shape index (κ2) is 6.08. The molecule has 1 unspecified atom stereocenters. The molecule has 2 rings (SSSR count). The molecule has 0 fully saturated rings. The summed E-state index contributed by atoms with van der Waals surface area (Å²) in [7, 11) is 0. The third-order valence-electron chi connectivity index (χ3n) is 2.77. The van der Waals surface area contributed by atoms with E-state index >= 15 is 0 Å². The monoisotopic (exact) mass is 262 g/mol. The third-order valence-corrected chi connectivity index (χ3v) is 2.77. The first-order valence-electron chi connectivity index (χ1n) is 6.23. The Labute approximate surface area is 111 Å². The number of nitrogens with one attached hydrogen (secondary N) is 1. The maximum Gasteiger partial charge on any atom is 0.241 e. The fourth-order valence-corrected chi connectivity index (χ4v) is 1.82. The number of furan rings is 1. The zero-order chi connectivity index (χ0) is 13.7. The summed E-state index contributed by atoms with van der Waals surface area (Å²) >= 11 is 0. The number of hydrogen-bond donors (Lipinski definition) is 2. The van der Waals surface area contributed by atoms with Crippen LogP contribution in [0.15, 0.2) is 35.2 Å². The van der Waals surface area contributed by atoms with Crippen LogP contribution in [0, 0.1) is 0 Å². The molecule has 102 valence electrons. The van der Waals surface area contributed by atoms with Gasteiger partial charge in [-0.1, -0.05) is 0 Å². The van der Waals surface area contributed by atoms with Gasteiger partial charge in [0.1, 0.15) is 12.3 Å². The third kappa shape index (κ3) is 4.17. The Morgan fingerprint density at radius 1 is 1.63 bits per heavy atom. The van der Waals surface area contributed by atoms with E-state index in [0.717, 1.165) is 18.6 Å². The summed E-state index contributed by atoms with van der Waals surface area (Å²) in [5.74, 6) is 0.857. The van der Waals surface area contributed by atoms with E-state index in [0.29, 0.717) is 5.69 Å². The van der Waals surface area contributed by atoms with Crippen molar-refractivity contribution in [2.45, 2.75) is 32.4 Å². The predicted octanol–water partition coefficient (Wildman–Crippen LogP) is 1.20. The molecule has 0 saturated carbocycles. The van der Waals surface area contributed by atoms with E-state index in [2.05, 4.69) is 10.4 Å². The molecule has 0 aromatic carbocycles. The largest absolute Gasteiger partial charge is 0.469 e. The average Bonchev–Trinajstić information content (AvgIpc) is 2.98. The number of amides is 1. The van der Waals surface area contributed by atoms with Crippen LogP contribution in [0.5, 0.6) is 0 Å². The highest BCUT2D eigenvalue weighted by Gasteiger charge is 2.09. The summed E-state index contributed by atoms with van der Waals surface area (Å²) < 4.78 is 6.76. The van der Waals surface area contributed by atoms with Gasteiger partial charge in [0.25, 0.3) is 0 Å². The molecule has 3 N–H and O–H groups in total. The molecule has 2 heterocycles. The van der Waals surface area contributed by atoms with Crippen molar-refractivity contribution in [2.75, 3.05) is 5.73 Å². The fourth-order valence-electron chi connectivity index (χ4n) is 1.82. The van der Waals surface area contributed by atoms with Crippen LogP contribution in [-0.2, 0) is 17.8 Å². The Hall–Kier alpha value is -2.24. The number of aromatic nitrogens is 2. The van der Waals surface area contributed by atoms with Gasteiger partial charge in [0.15, 0.2) is 0 Å². The normalized spacial score (nSPS) is 12.3. The summed E-state index contributed by atoms with van der Waals surface area (Å²) in [6, 6.07) is 3.88. The Balaban J connectivity index is 1.72. The van der Waals surface area contributed by atoms with E-state index in [9.17, 15) is 4.79 Å². The van der Waals surface area contributed by atoms with Crippen molar-refractivity contribution in [1.82, 2.24) is 15.1 Å². The van der Waals surface area contributed by atoms with Crippen molar-refractivity contribution in [3.8, 4) is 0 Å². The van der Waals surface area contributed by atoms with Crippen LogP contribution in [0.2, 0.25) is 0 Å². The highest BCUT2D eigenvalue weighted by molar-refractivity contribution is 5.75. The SMILES string of the molecule is CC(CCc1ccco1)NC(=O)Cn1cc(N)cn1. The zero-order valence-corrected chi connectivity index (χ0v) is 10.9. The number of carbonyl (C=O) groups excluding carboxylic acids is 1. The van der Waals surface area contributed by atoms with E-state index in [1.807, 2.05) is 19.1 Å². The first-order chi connectivity index (χ1) is 9.13. The van der Waals surface area contributed by atoms with Crippen molar-refractivity contribution < 1.29 is 9.21 Å². The molecule has 0 aliphatic carbocycles. The highest BCUT2D eigenvalue weighted by Crippen LogP contribution is 2.05. The van der Waals surface area contributed by atoms with Gasteiger partial charge in [-0.25, -0.2) is 0 Å². The van der Waals surface area contributed by atoms with Gasteiger partial charge >= 0.3 is 0 Å². The number of nitrogens with zero attached hydrogens (tertiary/aromatic N) is 2. The number of nitrogens with two attached hydrogens (primary N) is 1. The molecule has 1 atom stereocenters. The van der Waals surface area contributed by atoms with E-state index in [1.54, 1.807) is 12.5 Å². The van der Waals surface area contributed by atoms with Crippen LogP contribution in [0.4, 0.5) is 5.69 Å². The minimum absolute atomic E-state index is 0.0740. The number of carbonyl (C=O) groups is 1. The van der Waals surface area contributed by atoms with Gasteiger partial charge in [-0.2, -0.15) is 5.10 Å². The number of anilines is 1. The predicted molar refractivity (Wildman–Crippen MR) is 71.3 cm³/mol. The molecule has 0 bridgehead atoms. The second-order valence-electron chi connectivity index (χ2n) is 4.56. The van der Waals surface area contributed by atoms with E-state index in [4.69, 9.17) is 10.2 Å². The van der Waals surface area contributed by atoms with Crippen molar-refractivity contribution in [2.24, 2.45) is 0 Å². The standard InChI is InChI=1S/C13H18N4O2/c1-10(4-5-12-3-2-6-19-12)16-13(18)9-17-8-11(14)7-15-17/h2-3,6-8,10H,4-5,9,14H2,1H3,(H,16,18). The lowest BCUT2D eigenvalue weighted by atomic mass is 10.1. The molecule has 0 spiro atoms. The van der Waals surface area contributed by atoms with Gasteiger partial charge in [-0.3, -0.25) is 9.48 Å². The van der Waals surface area contributed by atoms with E-state index < -0.39 is 0 Å². The molecule has 0 aliphatic heterocycles. The maximum atomic E-state index is 11.8. The molecule has 2 aromatic heterocycles. The second-order valence-corrected chi connectivity index (χ2v) is 4.56. The molecule has 6 heteroatoms. The average molecular weight is 262 g/mol. The molecule has 1 amide bonds. The summed E-state index contributed by atoms with van der Waals surface area (Å²) in [6.45, 7) is 2.15. The fraction of sp³-hybridized carbons (Fsp3) is 0.385. The minimum Gasteiger partial charge on any atom is -0.469 e. The van der Waals surface area contributed by atoms with Gasteiger partial charge in [-0.05, 0) is 25.5 Å².